The Kier molecular flexibility index (Phi) is 4.05. The van der Waals surface area contributed by atoms with Crippen molar-refractivity contribution in [3.8, 4) is 6.07 Å². The summed E-state index contributed by atoms with van der Waals surface area (Å²) >= 11 is 0. The monoisotopic (exact) mass is 268 g/mol. The van der Waals surface area contributed by atoms with Crippen LogP contribution in [0.3, 0.4) is 0 Å². The second kappa shape index (κ2) is 5.75. The van der Waals surface area contributed by atoms with E-state index >= 15 is 0 Å². The van der Waals surface area contributed by atoms with Crippen molar-refractivity contribution < 1.29 is 4.39 Å². The highest BCUT2D eigenvalue weighted by Gasteiger charge is 2.11. The van der Waals surface area contributed by atoms with Crippen LogP contribution in [0.2, 0.25) is 0 Å². The molecule has 0 radical (unpaired) electrons. The molecule has 0 aliphatic heterocycles. The second-order valence-electron chi connectivity index (χ2n) is 5.03. The van der Waals surface area contributed by atoms with E-state index in [4.69, 9.17) is 5.26 Å². The summed E-state index contributed by atoms with van der Waals surface area (Å²) < 4.78 is 13.9. The van der Waals surface area contributed by atoms with Crippen molar-refractivity contribution in [3.63, 3.8) is 0 Å². The molecule has 2 rings (SSSR count). The Labute approximate surface area is 118 Å². The molecule has 102 valence electrons. The lowest BCUT2D eigenvalue weighted by Gasteiger charge is -2.18. The summed E-state index contributed by atoms with van der Waals surface area (Å²) in [5, 5.41) is 11.9. The van der Waals surface area contributed by atoms with Crippen LogP contribution in [0.1, 0.15) is 35.2 Å². The highest BCUT2D eigenvalue weighted by Crippen LogP contribution is 2.25. The summed E-state index contributed by atoms with van der Waals surface area (Å²) in [7, 11) is 0. The molecule has 1 unspecified atom stereocenters. The minimum Gasteiger partial charge on any atom is -0.376 e. The van der Waals surface area contributed by atoms with Crippen LogP contribution < -0.4 is 5.32 Å². The van der Waals surface area contributed by atoms with Gasteiger partial charge in [-0.2, -0.15) is 5.26 Å². The first kappa shape index (κ1) is 14.1. The molecule has 0 aliphatic carbocycles. The number of anilines is 1. The summed E-state index contributed by atoms with van der Waals surface area (Å²) in [5.41, 5.74) is 4.27. The molecule has 20 heavy (non-hydrogen) atoms. The van der Waals surface area contributed by atoms with Gasteiger partial charge in [-0.1, -0.05) is 23.8 Å². The van der Waals surface area contributed by atoms with E-state index in [0.717, 1.165) is 5.56 Å². The Morgan fingerprint density at radius 2 is 1.90 bits per heavy atom. The number of nitriles is 1. The molecule has 2 nitrogen and oxygen atoms in total. The fourth-order valence-electron chi connectivity index (χ4n) is 2.32. The minimum atomic E-state index is -0.402. The average Bonchev–Trinajstić information content (AvgIpc) is 2.40. The molecule has 1 atom stereocenters. The molecule has 0 bridgehead atoms. The predicted molar refractivity (Wildman–Crippen MR) is 79.1 cm³/mol. The molecule has 0 saturated carbocycles. The first-order chi connectivity index (χ1) is 9.51. The van der Waals surface area contributed by atoms with Crippen LogP contribution in [0, 0.1) is 31.0 Å². The van der Waals surface area contributed by atoms with Crippen molar-refractivity contribution >= 4 is 5.69 Å². The smallest absolute Gasteiger partial charge is 0.147 e. The Morgan fingerprint density at radius 3 is 2.50 bits per heavy atom. The zero-order valence-corrected chi connectivity index (χ0v) is 11.9. The van der Waals surface area contributed by atoms with Gasteiger partial charge in [0.05, 0.1) is 17.3 Å². The molecule has 3 heteroatoms. The van der Waals surface area contributed by atoms with Crippen molar-refractivity contribution in [2.45, 2.75) is 26.8 Å². The van der Waals surface area contributed by atoms with E-state index in [9.17, 15) is 4.39 Å². The lowest BCUT2D eigenvalue weighted by Crippen LogP contribution is -2.09. The van der Waals surface area contributed by atoms with Gasteiger partial charge in [-0.15, -0.1) is 0 Å². The Bertz CT molecular complexity index is 671. The molecule has 2 aromatic rings. The largest absolute Gasteiger partial charge is 0.376 e. The van der Waals surface area contributed by atoms with Crippen LogP contribution in [-0.2, 0) is 0 Å². The molecule has 2 aromatic carbocycles. The van der Waals surface area contributed by atoms with E-state index in [2.05, 4.69) is 37.4 Å². The molecule has 0 aromatic heterocycles. The molecule has 0 aliphatic rings. The topological polar surface area (TPSA) is 35.8 Å². The van der Waals surface area contributed by atoms with Crippen molar-refractivity contribution in [3.05, 3.63) is 64.5 Å². The van der Waals surface area contributed by atoms with Gasteiger partial charge in [-0.05, 0) is 50.1 Å². The SMILES string of the molecule is Cc1ccc(C(C)Nc2ccc(C#N)cc2F)c(C)c1. The standard InChI is InChI=1S/C17H17FN2/c1-11-4-6-15(12(2)8-11)13(3)20-17-7-5-14(10-19)9-16(17)18/h4-9,13,20H,1-3H3. The maximum absolute atomic E-state index is 13.9. The van der Waals surface area contributed by atoms with Crippen LogP contribution in [0.15, 0.2) is 36.4 Å². The van der Waals surface area contributed by atoms with Crippen LogP contribution in [-0.4, -0.2) is 0 Å². The average molecular weight is 268 g/mol. The van der Waals surface area contributed by atoms with Crippen LogP contribution in [0.5, 0.6) is 0 Å². The van der Waals surface area contributed by atoms with Gasteiger partial charge in [0.2, 0.25) is 0 Å². The maximum Gasteiger partial charge on any atom is 0.147 e. The molecule has 0 amide bonds. The van der Waals surface area contributed by atoms with Crippen LogP contribution in [0.4, 0.5) is 10.1 Å². The zero-order valence-electron chi connectivity index (χ0n) is 11.9. The normalized spacial score (nSPS) is 11.8. The summed E-state index contributed by atoms with van der Waals surface area (Å²) in [4.78, 5) is 0. The van der Waals surface area contributed by atoms with E-state index in [-0.39, 0.29) is 6.04 Å². The Hall–Kier alpha value is -2.34. The van der Waals surface area contributed by atoms with Crippen molar-refractivity contribution in [2.24, 2.45) is 0 Å². The number of nitrogens with zero attached hydrogens (tertiary/aromatic N) is 1. The van der Waals surface area contributed by atoms with E-state index in [0.29, 0.717) is 11.3 Å². The number of benzene rings is 2. The zero-order chi connectivity index (χ0) is 14.7. The molecule has 0 heterocycles. The quantitative estimate of drug-likeness (QED) is 0.890. The van der Waals surface area contributed by atoms with Crippen molar-refractivity contribution in [2.75, 3.05) is 5.32 Å². The number of aryl methyl sites for hydroxylation is 2. The predicted octanol–water partition coefficient (Wildman–Crippen LogP) is 4.49. The number of halogens is 1. The van der Waals surface area contributed by atoms with Crippen LogP contribution in [0.25, 0.3) is 0 Å². The molecular formula is C17H17FN2. The number of rotatable bonds is 3. The third-order valence-corrected chi connectivity index (χ3v) is 3.36. The van der Waals surface area contributed by atoms with Gasteiger partial charge >= 0.3 is 0 Å². The highest BCUT2D eigenvalue weighted by atomic mass is 19.1. The summed E-state index contributed by atoms with van der Waals surface area (Å²) in [6, 6.07) is 12.6. The minimum absolute atomic E-state index is 0.00182. The fourth-order valence-corrected chi connectivity index (χ4v) is 2.32. The maximum atomic E-state index is 13.9. The van der Waals surface area contributed by atoms with Crippen molar-refractivity contribution in [1.82, 2.24) is 0 Å². The lowest BCUT2D eigenvalue weighted by atomic mass is 10.00. The summed E-state index contributed by atoms with van der Waals surface area (Å²) in [5.74, 6) is -0.402. The van der Waals surface area contributed by atoms with E-state index in [1.807, 2.05) is 13.0 Å². The van der Waals surface area contributed by atoms with Crippen LogP contribution >= 0.6 is 0 Å². The molecule has 0 fully saturated rings. The summed E-state index contributed by atoms with van der Waals surface area (Å²) in [6.45, 7) is 6.10. The molecule has 0 spiro atoms. The van der Waals surface area contributed by atoms with Gasteiger partial charge in [0, 0.05) is 6.04 Å². The van der Waals surface area contributed by atoms with E-state index in [1.165, 1.54) is 17.2 Å². The first-order valence-electron chi connectivity index (χ1n) is 6.54. The fraction of sp³-hybridized carbons (Fsp3) is 0.235. The van der Waals surface area contributed by atoms with Crippen molar-refractivity contribution in [1.29, 1.82) is 5.26 Å². The Balaban J connectivity index is 2.23. The van der Waals surface area contributed by atoms with E-state index in [1.54, 1.807) is 12.1 Å². The van der Waals surface area contributed by atoms with Gasteiger partial charge in [0.1, 0.15) is 5.82 Å². The van der Waals surface area contributed by atoms with Gasteiger partial charge < -0.3 is 5.32 Å². The second-order valence-corrected chi connectivity index (χ2v) is 5.03. The molecule has 1 N–H and O–H groups in total. The number of hydrogen-bond acceptors (Lipinski definition) is 2. The molecule has 0 saturated heterocycles. The lowest BCUT2D eigenvalue weighted by molar-refractivity contribution is 0.627. The van der Waals surface area contributed by atoms with Gasteiger partial charge in [0.25, 0.3) is 0 Å². The van der Waals surface area contributed by atoms with Gasteiger partial charge in [-0.25, -0.2) is 4.39 Å². The number of hydrogen-bond donors (Lipinski definition) is 1. The molecular weight excluding hydrogens is 251 g/mol. The summed E-state index contributed by atoms with van der Waals surface area (Å²) in [6.07, 6.45) is 0. The Morgan fingerprint density at radius 1 is 1.15 bits per heavy atom. The third-order valence-electron chi connectivity index (χ3n) is 3.36. The third kappa shape index (κ3) is 2.97. The van der Waals surface area contributed by atoms with Gasteiger partial charge in [-0.3, -0.25) is 0 Å². The first-order valence-corrected chi connectivity index (χ1v) is 6.54. The highest BCUT2D eigenvalue weighted by molar-refractivity contribution is 5.51. The van der Waals surface area contributed by atoms with Gasteiger partial charge in [0.15, 0.2) is 0 Å². The number of nitrogens with one attached hydrogen (secondary N) is 1. The van der Waals surface area contributed by atoms with E-state index < -0.39 is 5.82 Å².